The van der Waals surface area contributed by atoms with Crippen LogP contribution in [0.1, 0.15) is 43.6 Å². The van der Waals surface area contributed by atoms with Gasteiger partial charge >= 0.3 is 0 Å². The molecule has 1 aromatic heterocycles. The minimum Gasteiger partial charge on any atom is -0.396 e. The summed E-state index contributed by atoms with van der Waals surface area (Å²) in [5, 5.41) is 9.33. The molecular weight excluding hydrogens is 379 g/mol. The van der Waals surface area contributed by atoms with E-state index >= 15 is 0 Å². The zero-order valence-corrected chi connectivity index (χ0v) is 15.9. The van der Waals surface area contributed by atoms with Crippen molar-refractivity contribution < 1.29 is 23.1 Å². The average Bonchev–Trinajstić information content (AvgIpc) is 3.01. The predicted molar refractivity (Wildman–Crippen MR) is 105 cm³/mol. The van der Waals surface area contributed by atoms with Crippen molar-refractivity contribution in [2.24, 2.45) is 5.92 Å². The third-order valence-corrected chi connectivity index (χ3v) is 5.83. The molecule has 3 nitrogen and oxygen atoms in total. The number of hydrogen-bond donors (Lipinski definition) is 2. The third-order valence-electron chi connectivity index (χ3n) is 5.83. The molecule has 0 unspecified atom stereocenters. The Hall–Kier alpha value is -2.60. The molecule has 3 aromatic rings. The first-order valence-electron chi connectivity index (χ1n) is 9.88. The summed E-state index contributed by atoms with van der Waals surface area (Å²) in [6.07, 6.45) is 2.97. The summed E-state index contributed by atoms with van der Waals surface area (Å²) in [4.78, 5) is 15.4. The molecule has 1 aliphatic carbocycles. The quantitative estimate of drug-likeness (QED) is 0.515. The number of aliphatic hydroxyl groups excluding tert-OH is 1. The second-order valence-electron chi connectivity index (χ2n) is 7.74. The van der Waals surface area contributed by atoms with Gasteiger partial charge in [0, 0.05) is 30.4 Å². The van der Waals surface area contributed by atoms with Crippen LogP contribution in [-0.2, 0) is 4.79 Å². The van der Waals surface area contributed by atoms with E-state index in [0.29, 0.717) is 48.7 Å². The third kappa shape index (κ3) is 3.81. The van der Waals surface area contributed by atoms with Crippen molar-refractivity contribution >= 4 is 16.7 Å². The smallest absolute Gasteiger partial charge is 0.150 e. The first-order chi connectivity index (χ1) is 14.0. The van der Waals surface area contributed by atoms with E-state index in [1.807, 2.05) is 0 Å². The fourth-order valence-corrected chi connectivity index (χ4v) is 4.24. The monoisotopic (exact) mass is 401 g/mol. The number of Topliss-reactive ketones (excluding diaryl/α,β-unsaturated/α-hetero) is 1. The Kier molecular flexibility index (Phi) is 5.46. The molecule has 2 N–H and O–H groups in total. The van der Waals surface area contributed by atoms with Crippen LogP contribution in [0.15, 0.2) is 36.4 Å². The van der Waals surface area contributed by atoms with Gasteiger partial charge in [0.25, 0.3) is 0 Å². The minimum atomic E-state index is -0.675. The number of ketones is 1. The van der Waals surface area contributed by atoms with Crippen molar-refractivity contribution in [3.8, 4) is 11.3 Å². The molecule has 1 aliphatic rings. The molecule has 4 rings (SSSR count). The van der Waals surface area contributed by atoms with Gasteiger partial charge in [-0.15, -0.1) is 0 Å². The van der Waals surface area contributed by atoms with E-state index in [4.69, 9.17) is 5.11 Å². The molecule has 0 aliphatic heterocycles. The number of aromatic nitrogens is 1. The molecule has 0 amide bonds. The van der Waals surface area contributed by atoms with E-state index in [1.54, 1.807) is 12.1 Å². The van der Waals surface area contributed by atoms with Crippen molar-refractivity contribution in [3.63, 3.8) is 0 Å². The maximum Gasteiger partial charge on any atom is 0.150 e. The normalized spacial score (nSPS) is 18.8. The van der Waals surface area contributed by atoms with Crippen molar-refractivity contribution in [2.45, 2.75) is 38.0 Å². The Morgan fingerprint density at radius 3 is 2.45 bits per heavy atom. The Bertz CT molecular complexity index is 1040. The zero-order chi connectivity index (χ0) is 20.5. The Morgan fingerprint density at radius 2 is 1.76 bits per heavy atom. The van der Waals surface area contributed by atoms with Crippen molar-refractivity contribution in [1.29, 1.82) is 0 Å². The molecule has 0 spiro atoms. The number of rotatable bonds is 7. The Labute approximate surface area is 166 Å². The first kappa shape index (κ1) is 19.7. The van der Waals surface area contributed by atoms with Gasteiger partial charge in [-0.25, -0.2) is 13.2 Å². The molecule has 0 bridgehead atoms. The van der Waals surface area contributed by atoms with Gasteiger partial charge < -0.3 is 10.1 Å². The fraction of sp³-hybridized carbons (Fsp3) is 0.348. The molecule has 152 valence electrons. The number of nitrogens with one attached hydrogen (secondary N) is 1. The summed E-state index contributed by atoms with van der Waals surface area (Å²) in [6, 6.07) is 8.02. The number of H-pyrrole nitrogens is 1. The Balaban J connectivity index is 1.67. The number of unbranched alkanes of at least 4 members (excludes halogenated alkanes) is 1. The Morgan fingerprint density at radius 1 is 1.03 bits per heavy atom. The van der Waals surface area contributed by atoms with Crippen molar-refractivity contribution in [2.75, 3.05) is 6.61 Å². The van der Waals surface area contributed by atoms with Crippen LogP contribution in [0.25, 0.3) is 22.2 Å². The largest absolute Gasteiger partial charge is 0.396 e. The van der Waals surface area contributed by atoms with E-state index in [-0.39, 0.29) is 35.6 Å². The van der Waals surface area contributed by atoms with E-state index in [2.05, 4.69) is 4.98 Å². The second-order valence-corrected chi connectivity index (χ2v) is 7.74. The van der Waals surface area contributed by atoms with Crippen LogP contribution in [0, 0.1) is 23.4 Å². The molecule has 1 fully saturated rings. The number of fused-ring (bicyclic) bond motifs is 1. The predicted octanol–water partition coefficient (Wildman–Crippen LogP) is 5.48. The van der Waals surface area contributed by atoms with Crippen LogP contribution in [0.5, 0.6) is 0 Å². The topological polar surface area (TPSA) is 53.1 Å². The maximum atomic E-state index is 14.4. The van der Waals surface area contributed by atoms with Crippen LogP contribution in [0.2, 0.25) is 0 Å². The second kappa shape index (κ2) is 8.03. The van der Waals surface area contributed by atoms with Crippen molar-refractivity contribution in [3.05, 3.63) is 59.4 Å². The summed E-state index contributed by atoms with van der Waals surface area (Å²) in [5.74, 6) is -1.60. The fourth-order valence-electron chi connectivity index (χ4n) is 4.24. The summed E-state index contributed by atoms with van der Waals surface area (Å²) >= 11 is 0. The van der Waals surface area contributed by atoms with Gasteiger partial charge in [-0.2, -0.15) is 0 Å². The van der Waals surface area contributed by atoms with Crippen LogP contribution in [-0.4, -0.2) is 22.5 Å². The summed E-state index contributed by atoms with van der Waals surface area (Å²) in [7, 11) is 0. The molecule has 2 aromatic carbocycles. The van der Waals surface area contributed by atoms with E-state index in [1.165, 1.54) is 18.2 Å². The first-order valence-corrected chi connectivity index (χ1v) is 9.88. The lowest BCUT2D eigenvalue weighted by atomic mass is 9.68. The van der Waals surface area contributed by atoms with Crippen LogP contribution < -0.4 is 0 Å². The van der Waals surface area contributed by atoms with Crippen LogP contribution in [0.4, 0.5) is 13.2 Å². The van der Waals surface area contributed by atoms with Gasteiger partial charge in [0.2, 0.25) is 0 Å². The van der Waals surface area contributed by atoms with Crippen LogP contribution in [0.3, 0.4) is 0 Å². The summed E-state index contributed by atoms with van der Waals surface area (Å²) in [6.45, 7) is 0.0774. The molecule has 0 atom stereocenters. The number of hydrogen-bond acceptors (Lipinski definition) is 2. The van der Waals surface area contributed by atoms with E-state index < -0.39 is 11.6 Å². The molecular formula is C23H22F3NO2. The standard InChI is InChI=1S/C23H22F3NO2/c24-16-6-4-13(5-7-16)22-21(18-11-17(25)12-19(26)23(18)27-22)15-9-14(10-15)20(29)3-1-2-8-28/h4-7,11-12,14-15,27-28H,1-3,8-10H2. The van der Waals surface area contributed by atoms with Gasteiger partial charge in [-0.1, -0.05) is 0 Å². The van der Waals surface area contributed by atoms with Gasteiger partial charge in [0.1, 0.15) is 23.2 Å². The summed E-state index contributed by atoms with van der Waals surface area (Å²) < 4.78 is 41.7. The van der Waals surface area contributed by atoms with Crippen LogP contribution >= 0.6 is 0 Å². The number of carbonyl (C=O) groups excluding carboxylic acids is 1. The number of halogens is 3. The van der Waals surface area contributed by atoms with E-state index in [0.717, 1.165) is 11.6 Å². The number of aromatic amines is 1. The lowest BCUT2D eigenvalue weighted by molar-refractivity contribution is -0.125. The highest BCUT2D eigenvalue weighted by atomic mass is 19.1. The highest BCUT2D eigenvalue weighted by molar-refractivity contribution is 5.92. The van der Waals surface area contributed by atoms with Crippen molar-refractivity contribution in [1.82, 2.24) is 4.98 Å². The number of carbonyl (C=O) groups is 1. The molecule has 29 heavy (non-hydrogen) atoms. The molecule has 0 radical (unpaired) electrons. The SMILES string of the molecule is O=C(CCCCO)C1CC(c2c(-c3ccc(F)cc3)[nH]c3c(F)cc(F)cc23)C1. The molecule has 0 saturated heterocycles. The highest BCUT2D eigenvalue weighted by Gasteiger charge is 2.37. The van der Waals surface area contributed by atoms with Gasteiger partial charge in [0.15, 0.2) is 0 Å². The summed E-state index contributed by atoms with van der Waals surface area (Å²) in [5.41, 5.74) is 2.33. The van der Waals surface area contributed by atoms with Gasteiger partial charge in [-0.05, 0) is 73.1 Å². The lowest BCUT2D eigenvalue weighted by Crippen LogP contribution is -2.29. The highest BCUT2D eigenvalue weighted by Crippen LogP contribution is 2.48. The number of benzene rings is 2. The van der Waals surface area contributed by atoms with Gasteiger partial charge in [0.05, 0.1) is 11.2 Å². The minimum absolute atomic E-state index is 0.00297. The molecule has 1 saturated carbocycles. The lowest BCUT2D eigenvalue weighted by Gasteiger charge is -2.35. The maximum absolute atomic E-state index is 14.4. The number of aliphatic hydroxyl groups is 1. The van der Waals surface area contributed by atoms with E-state index in [9.17, 15) is 18.0 Å². The molecule has 1 heterocycles. The zero-order valence-electron chi connectivity index (χ0n) is 15.9. The average molecular weight is 401 g/mol. The molecule has 6 heteroatoms. The van der Waals surface area contributed by atoms with Gasteiger partial charge in [-0.3, -0.25) is 4.79 Å².